The summed E-state index contributed by atoms with van der Waals surface area (Å²) in [5, 5.41) is 9.95. The van der Waals surface area contributed by atoms with Crippen molar-refractivity contribution in [3.8, 4) is 0 Å². The van der Waals surface area contributed by atoms with Gasteiger partial charge >= 0.3 is 6.18 Å². The Morgan fingerprint density at radius 3 is 2.46 bits per heavy atom. The fraction of sp³-hybridized carbons (Fsp3) is 0.458. The highest BCUT2D eigenvalue weighted by molar-refractivity contribution is 7.89. The zero-order valence-electron chi connectivity index (χ0n) is 19.5. The van der Waals surface area contributed by atoms with Crippen molar-refractivity contribution in [1.82, 2.24) is 9.37 Å². The van der Waals surface area contributed by atoms with Crippen LogP contribution in [0.25, 0.3) is 0 Å². The number of carbonyl (C=O) groups is 1. The number of rotatable bonds is 9. The number of alkyl halides is 3. The number of piperidine rings is 1. The molecule has 0 spiro atoms. The van der Waals surface area contributed by atoms with Gasteiger partial charge in [0.1, 0.15) is 0 Å². The van der Waals surface area contributed by atoms with Gasteiger partial charge in [0.15, 0.2) is 0 Å². The van der Waals surface area contributed by atoms with E-state index in [-0.39, 0.29) is 30.7 Å². The maximum atomic E-state index is 13.5. The number of sulfonamides is 1. The highest BCUT2D eigenvalue weighted by atomic mass is 32.2. The predicted octanol–water partition coefficient (Wildman–Crippen LogP) is 4.22. The molecule has 0 radical (unpaired) electrons. The summed E-state index contributed by atoms with van der Waals surface area (Å²) in [5.41, 5.74) is 1.67. The number of hydroxylamine groups is 2. The van der Waals surface area contributed by atoms with Crippen LogP contribution in [0.15, 0.2) is 42.5 Å². The molecule has 192 valence electrons. The van der Waals surface area contributed by atoms with Crippen molar-refractivity contribution in [3.63, 3.8) is 0 Å². The van der Waals surface area contributed by atoms with E-state index in [4.69, 9.17) is 4.74 Å². The Hall–Kier alpha value is -2.47. The number of hydrogen-bond acceptors (Lipinski definition) is 5. The lowest BCUT2D eigenvalue weighted by atomic mass is 10.0. The minimum Gasteiger partial charge on any atom is -0.373 e. The minimum absolute atomic E-state index is 0.0256. The highest BCUT2D eigenvalue weighted by Gasteiger charge is 2.39. The van der Waals surface area contributed by atoms with Gasteiger partial charge in [-0.15, -0.1) is 0 Å². The third-order valence-electron chi connectivity index (χ3n) is 6.19. The van der Waals surface area contributed by atoms with E-state index in [0.29, 0.717) is 19.4 Å². The van der Waals surface area contributed by atoms with Gasteiger partial charge in [-0.3, -0.25) is 10.0 Å². The quantitative estimate of drug-likeness (QED) is 0.308. The number of halogens is 3. The zero-order chi connectivity index (χ0) is 25.8. The molecular formula is C24H29F3N2O5S. The number of carbonyl (C=O) groups excluding carboxylic acids is 1. The highest BCUT2D eigenvalue weighted by Crippen LogP contribution is 2.36. The summed E-state index contributed by atoms with van der Waals surface area (Å²) >= 11 is 0. The Kier molecular flexibility index (Phi) is 8.58. The van der Waals surface area contributed by atoms with E-state index in [1.165, 1.54) is 10.4 Å². The van der Waals surface area contributed by atoms with E-state index in [9.17, 15) is 31.6 Å². The van der Waals surface area contributed by atoms with Crippen LogP contribution in [0.3, 0.4) is 0 Å². The molecule has 2 aromatic rings. The molecule has 11 heteroatoms. The lowest BCUT2D eigenvalue weighted by Crippen LogP contribution is -2.44. The molecule has 1 amide bonds. The number of ether oxygens (including phenoxy) is 1. The molecule has 1 atom stereocenters. The van der Waals surface area contributed by atoms with Crippen molar-refractivity contribution < 1.29 is 36.3 Å². The molecular weight excluding hydrogens is 485 g/mol. The molecule has 1 saturated heterocycles. The van der Waals surface area contributed by atoms with Crippen molar-refractivity contribution >= 4 is 16.4 Å². The number of nitrogens with zero attached hydrogens (tertiary/aromatic N) is 2. The van der Waals surface area contributed by atoms with Crippen LogP contribution in [0.5, 0.6) is 0 Å². The van der Waals surface area contributed by atoms with E-state index in [1.807, 2.05) is 32.0 Å². The molecule has 0 saturated carbocycles. The summed E-state index contributed by atoms with van der Waals surface area (Å²) in [6.45, 7) is 4.63. The number of benzene rings is 2. The van der Waals surface area contributed by atoms with Crippen molar-refractivity contribution in [1.29, 1.82) is 0 Å². The van der Waals surface area contributed by atoms with E-state index in [0.717, 1.165) is 34.9 Å². The molecule has 1 heterocycles. The molecule has 7 nitrogen and oxygen atoms in total. The largest absolute Gasteiger partial charge is 0.416 e. The van der Waals surface area contributed by atoms with Gasteiger partial charge < -0.3 is 4.74 Å². The fourth-order valence-electron chi connectivity index (χ4n) is 4.17. The number of aryl methyl sites for hydroxylation is 2. The van der Waals surface area contributed by atoms with Crippen LogP contribution in [0, 0.1) is 13.8 Å². The number of hydrogen-bond donors (Lipinski definition) is 1. The summed E-state index contributed by atoms with van der Waals surface area (Å²) < 4.78 is 73.8. The van der Waals surface area contributed by atoms with E-state index in [2.05, 4.69) is 0 Å². The monoisotopic (exact) mass is 514 g/mol. The molecule has 1 aliphatic rings. The van der Waals surface area contributed by atoms with Gasteiger partial charge in [-0.25, -0.2) is 17.8 Å². The lowest BCUT2D eigenvalue weighted by molar-refractivity contribution is -0.161. The second-order valence-corrected chi connectivity index (χ2v) is 10.7. The topological polar surface area (TPSA) is 87.2 Å². The second-order valence-electron chi connectivity index (χ2n) is 8.70. The molecule has 0 aromatic heterocycles. The van der Waals surface area contributed by atoms with E-state index >= 15 is 0 Å². The normalized spacial score (nSPS) is 16.7. The van der Waals surface area contributed by atoms with Crippen LogP contribution >= 0.6 is 0 Å². The summed E-state index contributed by atoms with van der Waals surface area (Å²) in [6.07, 6.45) is -4.20. The van der Waals surface area contributed by atoms with Crippen LogP contribution in [0.4, 0.5) is 13.2 Å². The van der Waals surface area contributed by atoms with Gasteiger partial charge in [0, 0.05) is 13.1 Å². The molecule has 2 aromatic carbocycles. The average Bonchev–Trinajstić information content (AvgIpc) is 2.82. The van der Waals surface area contributed by atoms with Crippen LogP contribution in [0.2, 0.25) is 0 Å². The Labute approximate surface area is 203 Å². The third-order valence-corrected chi connectivity index (χ3v) is 8.08. The minimum atomic E-state index is -4.78. The molecule has 0 bridgehead atoms. The Morgan fingerprint density at radius 2 is 1.83 bits per heavy atom. The summed E-state index contributed by atoms with van der Waals surface area (Å²) in [6, 6.07) is 8.65. The van der Waals surface area contributed by atoms with Crippen LogP contribution in [0.1, 0.15) is 46.7 Å². The lowest BCUT2D eigenvalue weighted by Gasteiger charge is -2.33. The Bertz CT molecular complexity index is 1130. The van der Waals surface area contributed by atoms with Gasteiger partial charge in [0.05, 0.1) is 30.1 Å². The first kappa shape index (κ1) is 27.1. The molecule has 35 heavy (non-hydrogen) atoms. The van der Waals surface area contributed by atoms with Gasteiger partial charge in [-0.2, -0.15) is 13.2 Å². The Morgan fingerprint density at radius 1 is 1.17 bits per heavy atom. The van der Waals surface area contributed by atoms with Gasteiger partial charge in [0.25, 0.3) is 0 Å². The third kappa shape index (κ3) is 6.81. The second kappa shape index (κ2) is 11.1. The average molecular weight is 515 g/mol. The smallest absolute Gasteiger partial charge is 0.373 e. The fourth-order valence-corrected chi connectivity index (χ4v) is 5.88. The van der Waals surface area contributed by atoms with Gasteiger partial charge in [-0.1, -0.05) is 42.0 Å². The first-order valence-corrected chi connectivity index (χ1v) is 12.8. The van der Waals surface area contributed by atoms with Crippen molar-refractivity contribution in [3.05, 3.63) is 70.3 Å². The van der Waals surface area contributed by atoms with Crippen molar-refractivity contribution in [2.75, 3.05) is 18.8 Å². The van der Waals surface area contributed by atoms with Crippen LogP contribution in [-0.4, -0.2) is 54.3 Å². The van der Waals surface area contributed by atoms with Crippen LogP contribution < -0.4 is 0 Å². The van der Waals surface area contributed by atoms with Crippen molar-refractivity contribution in [2.24, 2.45) is 0 Å². The SMILES string of the molecule is Cc1ccc(C)c(COC2CCN(S(=O)(=O)CC(c3ccccc3C(F)(F)F)N(O)C=O)CC2)c1. The summed E-state index contributed by atoms with van der Waals surface area (Å²) in [7, 11) is -4.10. The molecule has 1 unspecified atom stereocenters. The standard InChI is InChI=1S/C24H29F3N2O5S/c1-17-7-8-18(2)19(13-17)14-34-20-9-11-28(12-10-20)35(32,33)15-23(29(31)16-30)21-5-3-4-6-22(21)24(25,26)27/h3-8,13,16,20,23,31H,9-12,14-15H2,1-2H3. The predicted molar refractivity (Wildman–Crippen MR) is 123 cm³/mol. The first-order chi connectivity index (χ1) is 16.4. The van der Waals surface area contributed by atoms with E-state index in [1.54, 1.807) is 0 Å². The molecule has 1 aliphatic heterocycles. The zero-order valence-corrected chi connectivity index (χ0v) is 20.3. The molecule has 1 N–H and O–H groups in total. The summed E-state index contributed by atoms with van der Waals surface area (Å²) in [5.74, 6) is -0.886. The maximum Gasteiger partial charge on any atom is 0.416 e. The van der Waals surface area contributed by atoms with Gasteiger partial charge in [-0.05, 0) is 49.4 Å². The molecule has 0 aliphatic carbocycles. The van der Waals surface area contributed by atoms with E-state index < -0.39 is 39.1 Å². The summed E-state index contributed by atoms with van der Waals surface area (Å²) in [4.78, 5) is 11.2. The molecule has 3 rings (SSSR count). The first-order valence-electron chi connectivity index (χ1n) is 11.2. The van der Waals surface area contributed by atoms with Gasteiger partial charge in [0.2, 0.25) is 16.4 Å². The number of amides is 1. The van der Waals surface area contributed by atoms with Crippen LogP contribution in [-0.2, 0) is 32.3 Å². The van der Waals surface area contributed by atoms with Crippen molar-refractivity contribution in [2.45, 2.75) is 51.6 Å². The molecule has 1 fully saturated rings. The maximum absolute atomic E-state index is 13.5. The Balaban J connectivity index is 1.68.